The predicted molar refractivity (Wildman–Crippen MR) is 116 cm³/mol. The van der Waals surface area contributed by atoms with Crippen LogP contribution in [-0.2, 0) is 16.1 Å². The van der Waals surface area contributed by atoms with Crippen LogP contribution >= 0.6 is 11.3 Å². The molecule has 0 saturated heterocycles. The largest absolute Gasteiger partial charge is 0.494 e. The van der Waals surface area contributed by atoms with Crippen molar-refractivity contribution in [3.63, 3.8) is 0 Å². The lowest BCUT2D eigenvalue weighted by atomic mass is 10.1. The molecule has 1 amide bonds. The number of hydrogen-bond acceptors (Lipinski definition) is 5. The second-order valence-electron chi connectivity index (χ2n) is 7.00. The number of ether oxygens (including phenoxy) is 1. The van der Waals surface area contributed by atoms with Gasteiger partial charge in [-0.2, -0.15) is 0 Å². The van der Waals surface area contributed by atoms with E-state index in [2.05, 4.69) is 12.2 Å². The summed E-state index contributed by atoms with van der Waals surface area (Å²) in [6, 6.07) is 11.3. The number of hydrogen-bond donors (Lipinski definition) is 1. The van der Waals surface area contributed by atoms with Crippen LogP contribution in [0.5, 0.6) is 5.75 Å². The van der Waals surface area contributed by atoms with Gasteiger partial charge >= 0.3 is 0 Å². The fourth-order valence-electron chi connectivity index (χ4n) is 2.71. The summed E-state index contributed by atoms with van der Waals surface area (Å²) in [5, 5.41) is 2.83. The van der Waals surface area contributed by atoms with E-state index in [-0.39, 0.29) is 43.2 Å². The monoisotopic (exact) mass is 415 g/mol. The number of amides is 1. The maximum Gasteiger partial charge on any atom is 0.220 e. The molecule has 156 valence electrons. The molecule has 0 saturated carbocycles. The van der Waals surface area contributed by atoms with E-state index in [0.29, 0.717) is 18.0 Å². The fraction of sp³-hybridized carbons (Fsp3) is 0.435. The summed E-state index contributed by atoms with van der Waals surface area (Å²) in [5.74, 6) is 0.553. The molecule has 6 heteroatoms. The average molecular weight is 416 g/mol. The lowest BCUT2D eigenvalue weighted by molar-refractivity contribution is -0.125. The van der Waals surface area contributed by atoms with Crippen molar-refractivity contribution in [2.24, 2.45) is 0 Å². The Morgan fingerprint density at radius 3 is 2.55 bits per heavy atom. The van der Waals surface area contributed by atoms with Gasteiger partial charge in [-0.15, -0.1) is 11.3 Å². The summed E-state index contributed by atoms with van der Waals surface area (Å²) in [7, 11) is 0. The van der Waals surface area contributed by atoms with Gasteiger partial charge in [0.2, 0.25) is 5.91 Å². The van der Waals surface area contributed by atoms with Crippen molar-refractivity contribution in [1.82, 2.24) is 5.32 Å². The van der Waals surface area contributed by atoms with Gasteiger partial charge in [-0.3, -0.25) is 14.4 Å². The first kappa shape index (κ1) is 22.8. The van der Waals surface area contributed by atoms with E-state index >= 15 is 0 Å². The number of carbonyl (C=O) groups excluding carboxylic acids is 3. The van der Waals surface area contributed by atoms with Crippen LogP contribution in [-0.4, -0.2) is 24.1 Å². The molecule has 0 bridgehead atoms. The zero-order chi connectivity index (χ0) is 21.1. The smallest absolute Gasteiger partial charge is 0.220 e. The molecular weight excluding hydrogens is 386 g/mol. The van der Waals surface area contributed by atoms with Crippen LogP contribution in [0.15, 0.2) is 36.4 Å². The van der Waals surface area contributed by atoms with Crippen molar-refractivity contribution in [1.29, 1.82) is 0 Å². The van der Waals surface area contributed by atoms with Gasteiger partial charge in [0.25, 0.3) is 0 Å². The number of Topliss-reactive ketones (excluding diaryl/α,β-unsaturated/α-hetero) is 2. The van der Waals surface area contributed by atoms with Crippen LogP contribution in [0.25, 0.3) is 0 Å². The Morgan fingerprint density at radius 1 is 1.03 bits per heavy atom. The Labute approximate surface area is 176 Å². The van der Waals surface area contributed by atoms with Crippen LogP contribution in [0.4, 0.5) is 0 Å². The molecular formula is C23H29NO4S. The zero-order valence-corrected chi connectivity index (χ0v) is 18.0. The molecule has 0 spiro atoms. The minimum absolute atomic E-state index is 0.0121. The number of rotatable bonds is 13. The van der Waals surface area contributed by atoms with Gasteiger partial charge in [0.1, 0.15) is 11.5 Å². The number of nitrogens with one attached hydrogen (secondary N) is 1. The first-order valence-corrected chi connectivity index (χ1v) is 10.9. The maximum atomic E-state index is 12.0. The fourth-order valence-corrected chi connectivity index (χ4v) is 3.54. The Kier molecular flexibility index (Phi) is 9.57. The summed E-state index contributed by atoms with van der Waals surface area (Å²) >= 11 is 1.44. The standard InChI is InChI=1S/C23H29NO4S/c1-3-4-14-28-20-7-5-6-18(15-20)16-24-23(27)13-10-19(25)9-11-21(26)22-12-8-17(2)29-22/h5-8,12,15H,3-4,9-11,13-14,16H2,1-2H3,(H,24,27). The second kappa shape index (κ2) is 12.2. The molecule has 0 aliphatic rings. The van der Waals surface area contributed by atoms with Crippen LogP contribution in [0.3, 0.4) is 0 Å². The number of aryl methyl sites for hydroxylation is 1. The van der Waals surface area contributed by atoms with Crippen molar-refractivity contribution in [3.05, 3.63) is 51.7 Å². The molecule has 5 nitrogen and oxygen atoms in total. The van der Waals surface area contributed by atoms with Crippen LogP contribution in [0, 0.1) is 6.92 Å². The molecule has 0 aliphatic carbocycles. The number of thiophene rings is 1. The number of unbranched alkanes of at least 4 members (excludes halogenated alkanes) is 1. The van der Waals surface area contributed by atoms with E-state index in [0.717, 1.165) is 29.0 Å². The molecule has 0 aliphatic heterocycles. The average Bonchev–Trinajstić information content (AvgIpc) is 3.16. The van der Waals surface area contributed by atoms with Crippen molar-refractivity contribution < 1.29 is 19.1 Å². The summed E-state index contributed by atoms with van der Waals surface area (Å²) in [6.45, 7) is 5.14. The summed E-state index contributed by atoms with van der Waals surface area (Å²) < 4.78 is 5.67. The molecule has 2 rings (SSSR count). The predicted octanol–water partition coefficient (Wildman–Crippen LogP) is 4.86. The van der Waals surface area contributed by atoms with Crippen LogP contribution < -0.4 is 10.1 Å². The molecule has 0 fully saturated rings. The minimum atomic E-state index is -0.170. The number of carbonyl (C=O) groups is 3. The Bertz CT molecular complexity index is 828. The van der Waals surface area contributed by atoms with Crippen molar-refractivity contribution in [2.45, 2.75) is 58.9 Å². The molecule has 0 unspecified atom stereocenters. The van der Waals surface area contributed by atoms with Gasteiger partial charge in [0, 0.05) is 37.1 Å². The first-order valence-electron chi connectivity index (χ1n) is 10.1. The molecule has 0 radical (unpaired) electrons. The van der Waals surface area contributed by atoms with Gasteiger partial charge in [-0.25, -0.2) is 0 Å². The third-order valence-electron chi connectivity index (χ3n) is 4.43. The van der Waals surface area contributed by atoms with Gasteiger partial charge < -0.3 is 10.1 Å². The Hall–Kier alpha value is -2.47. The molecule has 1 aromatic carbocycles. The van der Waals surface area contributed by atoms with E-state index in [1.807, 2.05) is 37.3 Å². The lowest BCUT2D eigenvalue weighted by Gasteiger charge is -2.09. The van der Waals surface area contributed by atoms with Crippen LogP contribution in [0.2, 0.25) is 0 Å². The third-order valence-corrected chi connectivity index (χ3v) is 5.47. The normalized spacial score (nSPS) is 10.6. The highest BCUT2D eigenvalue weighted by molar-refractivity contribution is 7.14. The zero-order valence-electron chi connectivity index (χ0n) is 17.2. The van der Waals surface area contributed by atoms with Crippen LogP contribution in [0.1, 0.15) is 65.6 Å². The van der Waals surface area contributed by atoms with E-state index in [1.54, 1.807) is 6.07 Å². The SMILES string of the molecule is CCCCOc1cccc(CNC(=O)CCC(=O)CCC(=O)c2ccc(C)s2)c1. The maximum absolute atomic E-state index is 12.0. The Balaban J connectivity index is 1.65. The van der Waals surface area contributed by atoms with Crippen molar-refractivity contribution in [2.75, 3.05) is 6.61 Å². The van der Waals surface area contributed by atoms with Gasteiger partial charge in [0.05, 0.1) is 11.5 Å². The highest BCUT2D eigenvalue weighted by atomic mass is 32.1. The van der Waals surface area contributed by atoms with Gasteiger partial charge in [-0.1, -0.05) is 25.5 Å². The van der Waals surface area contributed by atoms with Crippen molar-refractivity contribution in [3.8, 4) is 5.75 Å². The van der Waals surface area contributed by atoms with Gasteiger partial charge in [0.15, 0.2) is 5.78 Å². The number of benzene rings is 1. The third kappa shape index (κ3) is 8.60. The van der Waals surface area contributed by atoms with Gasteiger partial charge in [-0.05, 0) is 43.2 Å². The molecule has 1 N–H and O–H groups in total. The highest BCUT2D eigenvalue weighted by Gasteiger charge is 2.12. The minimum Gasteiger partial charge on any atom is -0.494 e. The topological polar surface area (TPSA) is 72.5 Å². The summed E-state index contributed by atoms with van der Waals surface area (Å²) in [4.78, 5) is 37.8. The quantitative estimate of drug-likeness (QED) is 0.374. The molecule has 1 heterocycles. The number of ketones is 2. The second-order valence-corrected chi connectivity index (χ2v) is 8.29. The highest BCUT2D eigenvalue weighted by Crippen LogP contribution is 2.18. The molecule has 2 aromatic rings. The molecule has 29 heavy (non-hydrogen) atoms. The first-order chi connectivity index (χ1) is 14.0. The van der Waals surface area contributed by atoms with E-state index in [9.17, 15) is 14.4 Å². The molecule has 1 aromatic heterocycles. The Morgan fingerprint density at radius 2 is 1.83 bits per heavy atom. The lowest BCUT2D eigenvalue weighted by Crippen LogP contribution is -2.23. The van der Waals surface area contributed by atoms with E-state index in [1.165, 1.54) is 11.3 Å². The molecule has 0 atom stereocenters. The summed E-state index contributed by atoms with van der Waals surface area (Å²) in [5.41, 5.74) is 0.954. The summed E-state index contributed by atoms with van der Waals surface area (Å²) in [6.07, 6.45) is 2.76. The van der Waals surface area contributed by atoms with E-state index < -0.39 is 0 Å². The van der Waals surface area contributed by atoms with E-state index in [4.69, 9.17) is 4.74 Å². The van der Waals surface area contributed by atoms with Crippen molar-refractivity contribution >= 4 is 28.8 Å².